The molecule has 0 radical (unpaired) electrons. The molecule has 0 aliphatic carbocycles. The Hall–Kier alpha value is -2.18. The molecule has 1 atom stereocenters. The molecule has 7 nitrogen and oxygen atoms in total. The molecule has 1 aromatic rings. The van der Waals surface area contributed by atoms with Crippen LogP contribution in [0.25, 0.3) is 0 Å². The van der Waals surface area contributed by atoms with Crippen molar-refractivity contribution in [2.24, 2.45) is 5.92 Å². The highest BCUT2D eigenvalue weighted by Crippen LogP contribution is 2.21. The zero-order valence-electron chi connectivity index (χ0n) is 13.4. The van der Waals surface area contributed by atoms with E-state index in [4.69, 9.17) is 0 Å². The molecule has 126 valence electrons. The topological polar surface area (TPSA) is 95.4 Å². The Morgan fingerprint density at radius 1 is 1.39 bits per heavy atom. The summed E-state index contributed by atoms with van der Waals surface area (Å²) in [7, 11) is 0. The van der Waals surface area contributed by atoms with Crippen LogP contribution in [-0.2, 0) is 9.59 Å². The first-order chi connectivity index (χ1) is 11.1. The second kappa shape index (κ2) is 8.45. The van der Waals surface area contributed by atoms with Gasteiger partial charge in [0, 0.05) is 31.4 Å². The van der Waals surface area contributed by atoms with Crippen molar-refractivity contribution in [2.75, 3.05) is 18.0 Å². The number of carbonyl (C=O) groups excluding carboxylic acids is 1. The van der Waals surface area contributed by atoms with E-state index >= 15 is 0 Å². The van der Waals surface area contributed by atoms with E-state index in [0.29, 0.717) is 19.3 Å². The third kappa shape index (κ3) is 4.91. The highest BCUT2D eigenvalue weighted by Gasteiger charge is 2.28. The van der Waals surface area contributed by atoms with Crippen LogP contribution in [0.3, 0.4) is 0 Å². The molecule has 1 aliphatic heterocycles. The summed E-state index contributed by atoms with van der Waals surface area (Å²) in [5.41, 5.74) is 0. The van der Waals surface area contributed by atoms with Crippen LogP contribution in [0.1, 0.15) is 39.0 Å². The average Bonchev–Trinajstić information content (AvgIpc) is 2.59. The summed E-state index contributed by atoms with van der Waals surface area (Å²) in [5, 5.41) is 11.9. The Morgan fingerprint density at radius 3 is 2.70 bits per heavy atom. The maximum atomic E-state index is 12.3. The number of amides is 1. The molecule has 2 heterocycles. The SMILES string of the molecule is CCCCC(NC(=O)C1CCN(c2cnccn2)CC1)C(=O)O. The Kier molecular flexibility index (Phi) is 6.31. The van der Waals surface area contributed by atoms with E-state index < -0.39 is 12.0 Å². The quantitative estimate of drug-likeness (QED) is 0.789. The molecule has 1 amide bonds. The van der Waals surface area contributed by atoms with Crippen LogP contribution in [0, 0.1) is 5.92 Å². The number of rotatable bonds is 7. The Balaban J connectivity index is 1.84. The number of carboxylic acids is 1. The van der Waals surface area contributed by atoms with Gasteiger partial charge in [0.25, 0.3) is 0 Å². The summed E-state index contributed by atoms with van der Waals surface area (Å²) >= 11 is 0. The number of unbranched alkanes of at least 4 members (excludes halogenated alkanes) is 1. The lowest BCUT2D eigenvalue weighted by atomic mass is 9.95. The third-order valence-corrected chi connectivity index (χ3v) is 4.20. The van der Waals surface area contributed by atoms with E-state index in [1.54, 1.807) is 18.6 Å². The number of hydrogen-bond donors (Lipinski definition) is 2. The predicted molar refractivity (Wildman–Crippen MR) is 86.1 cm³/mol. The molecule has 7 heteroatoms. The van der Waals surface area contributed by atoms with Gasteiger partial charge in [-0.2, -0.15) is 0 Å². The Morgan fingerprint density at radius 2 is 2.13 bits per heavy atom. The molecule has 1 fully saturated rings. The van der Waals surface area contributed by atoms with Crippen molar-refractivity contribution in [3.8, 4) is 0 Å². The van der Waals surface area contributed by atoms with Crippen LogP contribution in [0.2, 0.25) is 0 Å². The van der Waals surface area contributed by atoms with Crippen LogP contribution < -0.4 is 10.2 Å². The normalized spacial score (nSPS) is 16.8. The third-order valence-electron chi connectivity index (χ3n) is 4.20. The molecule has 1 saturated heterocycles. The number of anilines is 1. The first-order valence-corrected chi connectivity index (χ1v) is 8.16. The Labute approximate surface area is 136 Å². The number of carboxylic acid groups (broad SMARTS) is 1. The minimum absolute atomic E-state index is 0.133. The maximum Gasteiger partial charge on any atom is 0.326 e. The summed E-state index contributed by atoms with van der Waals surface area (Å²) in [6, 6.07) is -0.777. The summed E-state index contributed by atoms with van der Waals surface area (Å²) < 4.78 is 0. The molecular weight excluding hydrogens is 296 g/mol. The van der Waals surface area contributed by atoms with Gasteiger partial charge >= 0.3 is 5.97 Å². The molecule has 0 bridgehead atoms. The number of carbonyl (C=O) groups is 2. The van der Waals surface area contributed by atoms with Crippen LogP contribution in [0.15, 0.2) is 18.6 Å². The Bertz CT molecular complexity index is 515. The van der Waals surface area contributed by atoms with Crippen molar-refractivity contribution in [1.82, 2.24) is 15.3 Å². The standard InChI is InChI=1S/C16H24N4O3/c1-2-3-4-13(16(22)23)19-15(21)12-5-9-20(10-6-12)14-11-17-7-8-18-14/h7-8,11-13H,2-6,9-10H2,1H3,(H,19,21)(H,22,23). The average molecular weight is 320 g/mol. The number of aromatic nitrogens is 2. The summed E-state index contributed by atoms with van der Waals surface area (Å²) in [6.45, 7) is 3.45. The highest BCUT2D eigenvalue weighted by molar-refractivity contribution is 5.85. The number of piperidine rings is 1. The van der Waals surface area contributed by atoms with Crippen LogP contribution >= 0.6 is 0 Å². The highest BCUT2D eigenvalue weighted by atomic mass is 16.4. The second-order valence-electron chi connectivity index (χ2n) is 5.87. The van der Waals surface area contributed by atoms with Crippen LogP contribution in [-0.4, -0.2) is 46.1 Å². The minimum atomic E-state index is -0.955. The fourth-order valence-electron chi connectivity index (χ4n) is 2.78. The predicted octanol–water partition coefficient (Wildman–Crippen LogP) is 1.45. The molecule has 0 spiro atoms. The maximum absolute atomic E-state index is 12.3. The number of aliphatic carboxylic acids is 1. The first kappa shape index (κ1) is 17.2. The van der Waals surface area contributed by atoms with Crippen molar-refractivity contribution in [1.29, 1.82) is 0 Å². The smallest absolute Gasteiger partial charge is 0.326 e. The second-order valence-corrected chi connectivity index (χ2v) is 5.87. The summed E-state index contributed by atoms with van der Waals surface area (Å²) in [6.07, 6.45) is 8.58. The van der Waals surface area contributed by atoms with Gasteiger partial charge in [0.15, 0.2) is 0 Å². The zero-order valence-corrected chi connectivity index (χ0v) is 13.4. The van der Waals surface area contributed by atoms with Crippen molar-refractivity contribution in [3.63, 3.8) is 0 Å². The number of hydrogen-bond acceptors (Lipinski definition) is 5. The fraction of sp³-hybridized carbons (Fsp3) is 0.625. The van der Waals surface area contributed by atoms with Gasteiger partial charge in [0.1, 0.15) is 11.9 Å². The van der Waals surface area contributed by atoms with Gasteiger partial charge in [0.2, 0.25) is 5.91 Å². The molecule has 23 heavy (non-hydrogen) atoms. The van der Waals surface area contributed by atoms with E-state index in [1.165, 1.54) is 0 Å². The van der Waals surface area contributed by atoms with Crippen molar-refractivity contribution >= 4 is 17.7 Å². The molecular formula is C16H24N4O3. The van der Waals surface area contributed by atoms with Gasteiger partial charge in [-0.15, -0.1) is 0 Å². The lowest BCUT2D eigenvalue weighted by Crippen LogP contribution is -2.46. The molecule has 1 unspecified atom stereocenters. The lowest BCUT2D eigenvalue weighted by Gasteiger charge is -2.32. The van der Waals surface area contributed by atoms with Crippen molar-refractivity contribution in [3.05, 3.63) is 18.6 Å². The summed E-state index contributed by atoms with van der Waals surface area (Å²) in [4.78, 5) is 33.9. The van der Waals surface area contributed by atoms with Gasteiger partial charge in [-0.3, -0.25) is 9.78 Å². The molecule has 2 N–H and O–H groups in total. The largest absolute Gasteiger partial charge is 0.480 e. The van der Waals surface area contributed by atoms with Gasteiger partial charge in [-0.1, -0.05) is 19.8 Å². The van der Waals surface area contributed by atoms with Gasteiger partial charge in [0.05, 0.1) is 6.20 Å². The van der Waals surface area contributed by atoms with Crippen LogP contribution in [0.5, 0.6) is 0 Å². The molecule has 1 aliphatic rings. The molecule has 2 rings (SSSR count). The van der Waals surface area contributed by atoms with E-state index in [0.717, 1.165) is 31.7 Å². The van der Waals surface area contributed by atoms with E-state index in [2.05, 4.69) is 20.2 Å². The minimum Gasteiger partial charge on any atom is -0.480 e. The zero-order chi connectivity index (χ0) is 16.7. The van der Waals surface area contributed by atoms with E-state index in [-0.39, 0.29) is 11.8 Å². The fourth-order valence-corrected chi connectivity index (χ4v) is 2.78. The number of nitrogens with one attached hydrogen (secondary N) is 1. The van der Waals surface area contributed by atoms with E-state index in [1.807, 2.05) is 6.92 Å². The number of nitrogens with zero attached hydrogens (tertiary/aromatic N) is 3. The monoisotopic (exact) mass is 320 g/mol. The first-order valence-electron chi connectivity index (χ1n) is 8.16. The van der Waals surface area contributed by atoms with Gasteiger partial charge in [-0.25, -0.2) is 9.78 Å². The van der Waals surface area contributed by atoms with Gasteiger partial charge < -0.3 is 15.3 Å². The molecule has 1 aromatic heterocycles. The van der Waals surface area contributed by atoms with Crippen molar-refractivity contribution in [2.45, 2.75) is 45.1 Å². The van der Waals surface area contributed by atoms with Crippen molar-refractivity contribution < 1.29 is 14.7 Å². The summed E-state index contributed by atoms with van der Waals surface area (Å²) in [5.74, 6) is -0.416. The van der Waals surface area contributed by atoms with Crippen LogP contribution in [0.4, 0.5) is 5.82 Å². The van der Waals surface area contributed by atoms with E-state index in [9.17, 15) is 14.7 Å². The lowest BCUT2D eigenvalue weighted by molar-refractivity contribution is -0.142. The van der Waals surface area contributed by atoms with Gasteiger partial charge in [-0.05, 0) is 19.3 Å². The molecule has 0 saturated carbocycles. The molecule has 0 aromatic carbocycles.